The number of hydrogen-bond acceptors (Lipinski definition) is 5. The standard InChI is InChI=1S/C15H18FN3O4S/c1-18-9-17-13-7-19(10(8-20)5-14(13)18)24(21,22)11-3-4-15(23-2)12(16)6-11/h3-4,6,9-10,20H,5,7-8H2,1-2H3. The molecule has 1 aliphatic rings. The molecule has 0 fully saturated rings. The van der Waals surface area contributed by atoms with Gasteiger partial charge in [0.2, 0.25) is 10.0 Å². The minimum Gasteiger partial charge on any atom is -0.494 e. The second-order valence-corrected chi connectivity index (χ2v) is 7.53. The van der Waals surface area contributed by atoms with Gasteiger partial charge in [0.15, 0.2) is 11.6 Å². The molecule has 1 aliphatic heterocycles. The second-order valence-electron chi connectivity index (χ2n) is 5.64. The lowest BCUT2D eigenvalue weighted by Gasteiger charge is -2.33. The van der Waals surface area contributed by atoms with Crippen molar-refractivity contribution in [3.8, 4) is 5.75 Å². The van der Waals surface area contributed by atoms with Crippen molar-refractivity contribution >= 4 is 10.0 Å². The van der Waals surface area contributed by atoms with Crippen molar-refractivity contribution in [3.05, 3.63) is 41.7 Å². The number of methoxy groups -OCH3 is 1. The fraction of sp³-hybridized carbons (Fsp3) is 0.400. The van der Waals surface area contributed by atoms with Crippen LogP contribution in [0.25, 0.3) is 0 Å². The molecule has 3 rings (SSSR count). The van der Waals surface area contributed by atoms with Crippen LogP contribution < -0.4 is 4.74 Å². The maximum Gasteiger partial charge on any atom is 0.243 e. The van der Waals surface area contributed by atoms with Crippen molar-refractivity contribution in [1.29, 1.82) is 0 Å². The highest BCUT2D eigenvalue weighted by Gasteiger charge is 2.37. The van der Waals surface area contributed by atoms with E-state index in [1.54, 1.807) is 6.33 Å². The fourth-order valence-corrected chi connectivity index (χ4v) is 4.47. The molecule has 0 radical (unpaired) electrons. The van der Waals surface area contributed by atoms with E-state index in [0.717, 1.165) is 11.8 Å². The van der Waals surface area contributed by atoms with Gasteiger partial charge in [-0.2, -0.15) is 4.31 Å². The Balaban J connectivity index is 2.01. The molecule has 0 bridgehead atoms. The van der Waals surface area contributed by atoms with E-state index < -0.39 is 21.9 Å². The molecule has 130 valence electrons. The van der Waals surface area contributed by atoms with E-state index in [0.29, 0.717) is 12.1 Å². The molecule has 1 aromatic heterocycles. The van der Waals surface area contributed by atoms with Crippen LogP contribution in [0.5, 0.6) is 5.75 Å². The van der Waals surface area contributed by atoms with Gasteiger partial charge in [-0.1, -0.05) is 0 Å². The molecule has 7 nitrogen and oxygen atoms in total. The smallest absolute Gasteiger partial charge is 0.243 e. The summed E-state index contributed by atoms with van der Waals surface area (Å²) in [6.07, 6.45) is 1.96. The predicted molar refractivity (Wildman–Crippen MR) is 83.5 cm³/mol. The molecule has 0 aliphatic carbocycles. The highest BCUT2D eigenvalue weighted by atomic mass is 32.2. The number of sulfonamides is 1. The van der Waals surface area contributed by atoms with E-state index in [-0.39, 0.29) is 23.8 Å². The molecule has 0 saturated heterocycles. The van der Waals surface area contributed by atoms with Crippen molar-refractivity contribution in [2.75, 3.05) is 13.7 Å². The minimum atomic E-state index is -3.98. The SMILES string of the molecule is COc1ccc(S(=O)(=O)N2Cc3ncn(C)c3CC2CO)cc1F. The van der Waals surface area contributed by atoms with Gasteiger partial charge in [-0.05, 0) is 18.2 Å². The van der Waals surface area contributed by atoms with Crippen molar-refractivity contribution in [1.82, 2.24) is 13.9 Å². The number of aryl methyl sites for hydroxylation is 1. The first-order valence-electron chi connectivity index (χ1n) is 7.33. The lowest BCUT2D eigenvalue weighted by atomic mass is 10.1. The number of hydrogen-bond donors (Lipinski definition) is 1. The van der Waals surface area contributed by atoms with Gasteiger partial charge in [-0.15, -0.1) is 0 Å². The maximum absolute atomic E-state index is 13.9. The Labute approximate surface area is 139 Å². The Morgan fingerprint density at radius 2 is 2.21 bits per heavy atom. The van der Waals surface area contributed by atoms with Crippen LogP contribution >= 0.6 is 0 Å². The maximum atomic E-state index is 13.9. The van der Waals surface area contributed by atoms with Crippen LogP contribution in [0.1, 0.15) is 11.4 Å². The summed E-state index contributed by atoms with van der Waals surface area (Å²) in [6, 6.07) is 2.87. The Bertz CT molecular complexity index is 866. The number of aromatic nitrogens is 2. The summed E-state index contributed by atoms with van der Waals surface area (Å²) < 4.78 is 47.5. The number of fused-ring (bicyclic) bond motifs is 1. The summed E-state index contributed by atoms with van der Waals surface area (Å²) in [7, 11) is -0.846. The van der Waals surface area contributed by atoms with Crippen LogP contribution in [0.2, 0.25) is 0 Å². The number of nitrogens with zero attached hydrogens (tertiary/aromatic N) is 3. The summed E-state index contributed by atoms with van der Waals surface area (Å²) in [5.41, 5.74) is 1.53. The van der Waals surface area contributed by atoms with E-state index in [1.807, 2.05) is 11.6 Å². The van der Waals surface area contributed by atoms with E-state index in [1.165, 1.54) is 23.5 Å². The quantitative estimate of drug-likeness (QED) is 0.872. The van der Waals surface area contributed by atoms with E-state index >= 15 is 0 Å². The summed E-state index contributed by atoms with van der Waals surface area (Å²) >= 11 is 0. The molecule has 9 heteroatoms. The summed E-state index contributed by atoms with van der Waals surface area (Å²) in [5.74, 6) is -0.784. The first-order valence-corrected chi connectivity index (χ1v) is 8.77. The molecule has 2 aromatic rings. The number of aliphatic hydroxyl groups is 1. The minimum absolute atomic E-state index is 0.0293. The van der Waals surface area contributed by atoms with E-state index in [4.69, 9.17) is 4.74 Å². The van der Waals surface area contributed by atoms with Crippen LogP contribution in [0, 0.1) is 5.82 Å². The number of aliphatic hydroxyl groups excluding tert-OH is 1. The molecule has 24 heavy (non-hydrogen) atoms. The van der Waals surface area contributed by atoms with Crippen molar-refractivity contribution in [2.24, 2.45) is 7.05 Å². The lowest BCUT2D eigenvalue weighted by Crippen LogP contribution is -2.46. The van der Waals surface area contributed by atoms with Crippen LogP contribution in [-0.2, 0) is 30.0 Å². The molecular formula is C15H18FN3O4S. The summed E-state index contributed by atoms with van der Waals surface area (Å²) in [4.78, 5) is 4.03. The third kappa shape index (κ3) is 2.68. The number of halogens is 1. The number of benzene rings is 1. The second kappa shape index (κ2) is 6.15. The first-order chi connectivity index (χ1) is 11.4. The zero-order chi connectivity index (χ0) is 17.5. The molecule has 1 unspecified atom stereocenters. The average molecular weight is 355 g/mol. The number of rotatable bonds is 4. The lowest BCUT2D eigenvalue weighted by molar-refractivity contribution is 0.170. The third-order valence-corrected chi connectivity index (χ3v) is 6.12. The molecule has 1 N–H and O–H groups in total. The molecule has 0 spiro atoms. The van der Waals surface area contributed by atoms with Gasteiger partial charge in [0, 0.05) is 19.2 Å². The molecule has 1 aromatic carbocycles. The Kier molecular flexibility index (Phi) is 4.33. The van der Waals surface area contributed by atoms with Gasteiger partial charge in [0.25, 0.3) is 0 Å². The Morgan fingerprint density at radius 3 is 2.83 bits per heavy atom. The average Bonchev–Trinajstić information content (AvgIpc) is 2.94. The van der Waals surface area contributed by atoms with Gasteiger partial charge in [-0.25, -0.2) is 17.8 Å². The van der Waals surface area contributed by atoms with Crippen LogP contribution in [0.15, 0.2) is 29.4 Å². The fourth-order valence-electron chi connectivity index (χ4n) is 2.88. The zero-order valence-electron chi connectivity index (χ0n) is 13.3. The molecular weight excluding hydrogens is 337 g/mol. The molecule has 2 heterocycles. The van der Waals surface area contributed by atoms with E-state index in [9.17, 15) is 17.9 Å². The number of imidazole rings is 1. The van der Waals surface area contributed by atoms with Gasteiger partial charge < -0.3 is 14.4 Å². The van der Waals surface area contributed by atoms with Crippen molar-refractivity contribution in [3.63, 3.8) is 0 Å². The Morgan fingerprint density at radius 1 is 1.46 bits per heavy atom. The van der Waals surface area contributed by atoms with Gasteiger partial charge >= 0.3 is 0 Å². The highest BCUT2D eigenvalue weighted by molar-refractivity contribution is 7.89. The van der Waals surface area contributed by atoms with E-state index in [2.05, 4.69) is 4.98 Å². The topological polar surface area (TPSA) is 84.7 Å². The monoisotopic (exact) mass is 355 g/mol. The van der Waals surface area contributed by atoms with Crippen molar-refractivity contribution in [2.45, 2.75) is 23.9 Å². The molecule has 1 atom stereocenters. The van der Waals surface area contributed by atoms with Gasteiger partial charge in [0.1, 0.15) is 0 Å². The molecule has 0 amide bonds. The summed E-state index contributed by atoms with van der Waals surface area (Å²) in [5, 5.41) is 9.63. The van der Waals surface area contributed by atoms with Crippen molar-refractivity contribution < 1.29 is 22.7 Å². The first kappa shape index (κ1) is 16.9. The highest BCUT2D eigenvalue weighted by Crippen LogP contribution is 2.29. The van der Waals surface area contributed by atoms with Gasteiger partial charge in [-0.3, -0.25) is 0 Å². The normalized spacial score (nSPS) is 18.4. The summed E-state index contributed by atoms with van der Waals surface area (Å²) in [6.45, 7) is -0.292. The third-order valence-electron chi connectivity index (χ3n) is 4.23. The largest absolute Gasteiger partial charge is 0.494 e. The Hall–Kier alpha value is -1.97. The molecule has 0 saturated carbocycles. The van der Waals surface area contributed by atoms with Gasteiger partial charge in [0.05, 0.1) is 43.2 Å². The zero-order valence-corrected chi connectivity index (χ0v) is 14.1. The number of ether oxygens (including phenoxy) is 1. The van der Waals surface area contributed by atoms with Crippen LogP contribution in [0.4, 0.5) is 4.39 Å². The van der Waals surface area contributed by atoms with Crippen LogP contribution in [-0.4, -0.2) is 47.1 Å². The predicted octanol–water partition coefficient (Wildman–Crippen LogP) is 0.676. The van der Waals surface area contributed by atoms with Crippen LogP contribution in [0.3, 0.4) is 0 Å².